The van der Waals surface area contributed by atoms with Gasteiger partial charge >= 0.3 is 0 Å². The van der Waals surface area contributed by atoms with Gasteiger partial charge in [-0.1, -0.05) is 13.3 Å². The van der Waals surface area contributed by atoms with Gasteiger partial charge in [-0.05, 0) is 26.2 Å². The zero-order valence-electron chi connectivity index (χ0n) is 9.59. The first-order valence-electron chi connectivity index (χ1n) is 5.63. The summed E-state index contributed by atoms with van der Waals surface area (Å²) in [6.07, 6.45) is 4.04. The van der Waals surface area contributed by atoms with E-state index in [0.717, 1.165) is 38.9 Å². The molecule has 0 aromatic rings. The first kappa shape index (κ1) is 13.9. The molecule has 3 N–H and O–H groups in total. The summed E-state index contributed by atoms with van der Waals surface area (Å²) in [5.41, 5.74) is 5.65. The second kappa shape index (κ2) is 8.21. The van der Waals surface area contributed by atoms with Crippen molar-refractivity contribution >= 4 is 0 Å². The molecule has 0 amide bonds. The molecule has 0 aliphatic rings. The van der Waals surface area contributed by atoms with E-state index in [4.69, 9.17) is 10.5 Å². The second-order valence-electron chi connectivity index (χ2n) is 3.91. The summed E-state index contributed by atoms with van der Waals surface area (Å²) in [5.74, 6) is 0. The average Bonchev–Trinajstić information content (AvgIpc) is 2.23. The highest BCUT2D eigenvalue weighted by molar-refractivity contribution is 4.79. The third kappa shape index (κ3) is 4.94. The number of aliphatic hydroxyl groups is 1. The molecule has 0 saturated heterocycles. The van der Waals surface area contributed by atoms with E-state index in [2.05, 4.69) is 6.92 Å². The Morgan fingerprint density at radius 1 is 1.29 bits per heavy atom. The van der Waals surface area contributed by atoms with Crippen molar-refractivity contribution < 1.29 is 9.84 Å². The molecule has 3 heteroatoms. The van der Waals surface area contributed by atoms with Crippen LogP contribution in [-0.4, -0.2) is 31.5 Å². The normalized spacial score (nSPS) is 15.4. The van der Waals surface area contributed by atoms with Crippen LogP contribution in [0.4, 0.5) is 0 Å². The number of aliphatic hydroxyl groups excluding tert-OH is 1. The number of nitrogens with two attached hydrogens (primary N) is 1. The number of ether oxygens (including phenoxy) is 1. The molecule has 14 heavy (non-hydrogen) atoms. The van der Waals surface area contributed by atoms with E-state index < -0.39 is 0 Å². The van der Waals surface area contributed by atoms with E-state index in [1.54, 1.807) is 0 Å². The Labute approximate surface area is 87.6 Å². The lowest BCUT2D eigenvalue weighted by molar-refractivity contribution is 0.0860. The lowest BCUT2D eigenvalue weighted by Gasteiger charge is -2.30. The fourth-order valence-corrected chi connectivity index (χ4v) is 1.78. The van der Waals surface area contributed by atoms with Crippen molar-refractivity contribution in [2.75, 3.05) is 26.4 Å². The fourth-order valence-electron chi connectivity index (χ4n) is 1.78. The van der Waals surface area contributed by atoms with Crippen molar-refractivity contribution in [1.29, 1.82) is 0 Å². The lowest BCUT2D eigenvalue weighted by Crippen LogP contribution is -2.34. The van der Waals surface area contributed by atoms with E-state index in [1.165, 1.54) is 0 Å². The Balaban J connectivity index is 3.82. The van der Waals surface area contributed by atoms with Crippen LogP contribution in [0.1, 0.15) is 39.5 Å². The molecule has 0 heterocycles. The minimum Gasteiger partial charge on any atom is -0.396 e. The Hall–Kier alpha value is -0.120. The molecule has 0 radical (unpaired) electrons. The van der Waals surface area contributed by atoms with Gasteiger partial charge in [0.2, 0.25) is 0 Å². The molecule has 0 aliphatic carbocycles. The first-order valence-corrected chi connectivity index (χ1v) is 5.63. The minimum atomic E-state index is -0.0636. The lowest BCUT2D eigenvalue weighted by atomic mass is 9.80. The number of rotatable bonds is 9. The Morgan fingerprint density at radius 3 is 2.43 bits per heavy atom. The van der Waals surface area contributed by atoms with Crippen molar-refractivity contribution in [3.63, 3.8) is 0 Å². The zero-order chi connectivity index (χ0) is 10.9. The fraction of sp³-hybridized carbons (Fsp3) is 1.00. The van der Waals surface area contributed by atoms with Gasteiger partial charge in [0.05, 0.1) is 0 Å². The molecule has 0 saturated carbocycles. The number of hydrogen-bond acceptors (Lipinski definition) is 3. The number of hydrogen-bond donors (Lipinski definition) is 2. The van der Waals surface area contributed by atoms with Crippen LogP contribution < -0.4 is 5.73 Å². The largest absolute Gasteiger partial charge is 0.396 e. The quantitative estimate of drug-likeness (QED) is 0.559. The summed E-state index contributed by atoms with van der Waals surface area (Å²) in [6, 6.07) is 0. The molecule has 0 spiro atoms. The Bertz CT molecular complexity index is 124. The van der Waals surface area contributed by atoms with Crippen molar-refractivity contribution in [3.8, 4) is 0 Å². The van der Waals surface area contributed by atoms with Crippen molar-refractivity contribution in [3.05, 3.63) is 0 Å². The van der Waals surface area contributed by atoms with Gasteiger partial charge in [-0.25, -0.2) is 0 Å². The molecule has 0 fully saturated rings. The third-order valence-electron chi connectivity index (χ3n) is 2.75. The highest BCUT2D eigenvalue weighted by atomic mass is 16.5. The van der Waals surface area contributed by atoms with Gasteiger partial charge < -0.3 is 15.6 Å². The molecular weight excluding hydrogens is 178 g/mol. The monoisotopic (exact) mass is 203 g/mol. The molecule has 86 valence electrons. The van der Waals surface area contributed by atoms with Gasteiger partial charge in [-0.3, -0.25) is 0 Å². The Morgan fingerprint density at radius 2 is 2.00 bits per heavy atom. The molecule has 0 aliphatic heterocycles. The van der Waals surface area contributed by atoms with Crippen LogP contribution >= 0.6 is 0 Å². The van der Waals surface area contributed by atoms with Crippen LogP contribution in [0.3, 0.4) is 0 Å². The summed E-state index contributed by atoms with van der Waals surface area (Å²) >= 11 is 0. The zero-order valence-corrected chi connectivity index (χ0v) is 9.59. The van der Waals surface area contributed by atoms with E-state index in [1.807, 2.05) is 6.92 Å². The van der Waals surface area contributed by atoms with Crippen LogP contribution in [0.2, 0.25) is 0 Å². The maximum absolute atomic E-state index is 9.34. The van der Waals surface area contributed by atoms with Crippen LogP contribution in [0.15, 0.2) is 0 Å². The van der Waals surface area contributed by atoms with E-state index in [9.17, 15) is 5.11 Å². The highest BCUT2D eigenvalue weighted by Crippen LogP contribution is 2.27. The molecule has 0 aromatic carbocycles. The smallest absolute Gasteiger partial charge is 0.0499 e. The summed E-state index contributed by atoms with van der Waals surface area (Å²) in [7, 11) is 0. The van der Waals surface area contributed by atoms with Crippen LogP contribution in [0.5, 0.6) is 0 Å². The summed E-state index contributed by atoms with van der Waals surface area (Å²) in [6.45, 7) is 6.44. The van der Waals surface area contributed by atoms with Crippen molar-refractivity contribution in [2.24, 2.45) is 11.1 Å². The van der Waals surface area contributed by atoms with E-state index in [-0.39, 0.29) is 12.0 Å². The molecule has 1 atom stereocenters. The second-order valence-corrected chi connectivity index (χ2v) is 3.91. The topological polar surface area (TPSA) is 55.5 Å². The minimum absolute atomic E-state index is 0.0636. The van der Waals surface area contributed by atoms with Gasteiger partial charge in [0.25, 0.3) is 0 Å². The van der Waals surface area contributed by atoms with E-state index >= 15 is 0 Å². The van der Waals surface area contributed by atoms with Gasteiger partial charge in [-0.15, -0.1) is 0 Å². The summed E-state index contributed by atoms with van der Waals surface area (Å²) in [4.78, 5) is 0. The molecule has 3 nitrogen and oxygen atoms in total. The van der Waals surface area contributed by atoms with Crippen LogP contribution in [-0.2, 0) is 4.74 Å². The maximum atomic E-state index is 9.34. The van der Waals surface area contributed by atoms with Crippen LogP contribution in [0.25, 0.3) is 0 Å². The van der Waals surface area contributed by atoms with Gasteiger partial charge in [0.1, 0.15) is 0 Å². The van der Waals surface area contributed by atoms with Crippen molar-refractivity contribution in [1.82, 2.24) is 0 Å². The third-order valence-corrected chi connectivity index (χ3v) is 2.75. The predicted octanol–water partition coefficient (Wildman–Crippen LogP) is 1.54. The SMILES string of the molecule is CCCC(CN)(CO)CCCOCC. The molecular formula is C11H25NO2. The van der Waals surface area contributed by atoms with E-state index in [0.29, 0.717) is 6.54 Å². The summed E-state index contributed by atoms with van der Waals surface area (Å²) in [5, 5.41) is 9.34. The Kier molecular flexibility index (Phi) is 8.14. The molecule has 0 aromatic heterocycles. The standard InChI is InChI=1S/C11H25NO2/c1-3-6-11(9-12,10-13)7-5-8-14-4-2/h13H,3-10,12H2,1-2H3. The van der Waals surface area contributed by atoms with Gasteiger partial charge in [0.15, 0.2) is 0 Å². The molecule has 0 rings (SSSR count). The van der Waals surface area contributed by atoms with Crippen LogP contribution in [0, 0.1) is 5.41 Å². The molecule has 0 bridgehead atoms. The predicted molar refractivity (Wildman–Crippen MR) is 59.2 cm³/mol. The highest BCUT2D eigenvalue weighted by Gasteiger charge is 2.25. The maximum Gasteiger partial charge on any atom is 0.0499 e. The van der Waals surface area contributed by atoms with Crippen molar-refractivity contribution in [2.45, 2.75) is 39.5 Å². The van der Waals surface area contributed by atoms with Gasteiger partial charge in [0, 0.05) is 31.8 Å². The first-order chi connectivity index (χ1) is 6.74. The van der Waals surface area contributed by atoms with Gasteiger partial charge in [-0.2, -0.15) is 0 Å². The summed E-state index contributed by atoms with van der Waals surface area (Å²) < 4.78 is 5.27. The average molecular weight is 203 g/mol. The molecule has 1 unspecified atom stereocenters.